The molecule has 0 radical (unpaired) electrons. The second-order valence-corrected chi connectivity index (χ2v) is 4.60. The average Bonchev–Trinajstić information content (AvgIpc) is 2.23. The first-order valence-corrected chi connectivity index (χ1v) is 6.18. The molecule has 0 aliphatic carbocycles. The first-order chi connectivity index (χ1) is 7.93. The van der Waals surface area contributed by atoms with Gasteiger partial charge in [0.15, 0.2) is 0 Å². The molecule has 0 saturated carbocycles. The van der Waals surface area contributed by atoms with Gasteiger partial charge in [-0.3, -0.25) is 9.59 Å². The SMILES string of the molecule is CC(N)CCCC(C)C(=O)NCCCC(=O)O. The van der Waals surface area contributed by atoms with Gasteiger partial charge in [0.25, 0.3) is 0 Å². The number of amides is 1. The normalized spacial score (nSPS) is 14.1. The van der Waals surface area contributed by atoms with E-state index in [0.717, 1.165) is 19.3 Å². The van der Waals surface area contributed by atoms with E-state index >= 15 is 0 Å². The largest absolute Gasteiger partial charge is 0.481 e. The fourth-order valence-electron chi connectivity index (χ4n) is 1.50. The van der Waals surface area contributed by atoms with Crippen LogP contribution in [-0.4, -0.2) is 29.6 Å². The molecular formula is C12H24N2O3. The number of carbonyl (C=O) groups excluding carboxylic acids is 1. The highest BCUT2D eigenvalue weighted by atomic mass is 16.4. The van der Waals surface area contributed by atoms with Crippen molar-refractivity contribution in [2.24, 2.45) is 11.7 Å². The first-order valence-electron chi connectivity index (χ1n) is 6.18. The van der Waals surface area contributed by atoms with Gasteiger partial charge < -0.3 is 16.2 Å². The zero-order valence-corrected chi connectivity index (χ0v) is 10.7. The number of carbonyl (C=O) groups is 2. The highest BCUT2D eigenvalue weighted by Crippen LogP contribution is 2.08. The van der Waals surface area contributed by atoms with E-state index in [4.69, 9.17) is 10.8 Å². The fourth-order valence-corrected chi connectivity index (χ4v) is 1.50. The second kappa shape index (κ2) is 8.98. The summed E-state index contributed by atoms with van der Waals surface area (Å²) in [6, 6.07) is 0.181. The van der Waals surface area contributed by atoms with Crippen LogP contribution < -0.4 is 11.1 Å². The lowest BCUT2D eigenvalue weighted by Gasteiger charge is -2.12. The minimum atomic E-state index is -0.829. The van der Waals surface area contributed by atoms with Gasteiger partial charge in [-0.1, -0.05) is 13.3 Å². The van der Waals surface area contributed by atoms with E-state index in [1.807, 2.05) is 13.8 Å². The Morgan fingerprint density at radius 2 is 1.88 bits per heavy atom. The maximum atomic E-state index is 11.6. The Bertz CT molecular complexity index is 242. The predicted octanol–water partition coefficient (Wildman–Crippen LogP) is 1.12. The Morgan fingerprint density at radius 1 is 1.24 bits per heavy atom. The Morgan fingerprint density at radius 3 is 2.41 bits per heavy atom. The van der Waals surface area contributed by atoms with E-state index < -0.39 is 5.97 Å². The molecule has 5 heteroatoms. The summed E-state index contributed by atoms with van der Waals surface area (Å²) in [7, 11) is 0. The van der Waals surface area contributed by atoms with Crippen LogP contribution in [0.3, 0.4) is 0 Å². The quantitative estimate of drug-likeness (QED) is 0.530. The van der Waals surface area contributed by atoms with Gasteiger partial charge in [0, 0.05) is 24.9 Å². The second-order valence-electron chi connectivity index (χ2n) is 4.60. The lowest BCUT2D eigenvalue weighted by Crippen LogP contribution is -2.30. The number of hydrogen-bond acceptors (Lipinski definition) is 3. The highest BCUT2D eigenvalue weighted by molar-refractivity contribution is 5.78. The van der Waals surface area contributed by atoms with Gasteiger partial charge >= 0.3 is 5.97 Å². The number of carboxylic acid groups (broad SMARTS) is 1. The molecule has 5 nitrogen and oxygen atoms in total. The van der Waals surface area contributed by atoms with Gasteiger partial charge in [0.05, 0.1) is 0 Å². The van der Waals surface area contributed by atoms with Crippen molar-refractivity contribution < 1.29 is 14.7 Å². The van der Waals surface area contributed by atoms with E-state index in [-0.39, 0.29) is 24.3 Å². The maximum absolute atomic E-state index is 11.6. The molecule has 0 fully saturated rings. The fraction of sp³-hybridized carbons (Fsp3) is 0.833. The van der Waals surface area contributed by atoms with Crippen molar-refractivity contribution in [3.05, 3.63) is 0 Å². The standard InChI is InChI=1S/C12H24N2O3/c1-9(5-3-6-10(2)13)12(17)14-8-4-7-11(15)16/h9-10H,3-8,13H2,1-2H3,(H,14,17)(H,15,16). The average molecular weight is 244 g/mol. The van der Waals surface area contributed by atoms with Crippen molar-refractivity contribution in [3.63, 3.8) is 0 Å². The minimum Gasteiger partial charge on any atom is -0.481 e. The van der Waals surface area contributed by atoms with Crippen LogP contribution in [0.25, 0.3) is 0 Å². The zero-order chi connectivity index (χ0) is 13.3. The van der Waals surface area contributed by atoms with Gasteiger partial charge in [-0.2, -0.15) is 0 Å². The van der Waals surface area contributed by atoms with Crippen molar-refractivity contribution in [2.45, 2.75) is 52.0 Å². The molecule has 17 heavy (non-hydrogen) atoms. The lowest BCUT2D eigenvalue weighted by atomic mass is 10.0. The molecule has 4 N–H and O–H groups in total. The van der Waals surface area contributed by atoms with Crippen molar-refractivity contribution in [2.75, 3.05) is 6.54 Å². The summed E-state index contributed by atoms with van der Waals surface area (Å²) in [5.41, 5.74) is 5.63. The van der Waals surface area contributed by atoms with Crippen LogP contribution in [0.1, 0.15) is 46.0 Å². The van der Waals surface area contributed by atoms with Crippen LogP contribution in [0.5, 0.6) is 0 Å². The summed E-state index contributed by atoms with van der Waals surface area (Å²) in [5, 5.41) is 11.2. The molecule has 100 valence electrons. The number of nitrogens with two attached hydrogens (primary N) is 1. The molecule has 0 heterocycles. The van der Waals surface area contributed by atoms with Crippen molar-refractivity contribution in [1.82, 2.24) is 5.32 Å². The lowest BCUT2D eigenvalue weighted by molar-refractivity contribution is -0.137. The van der Waals surface area contributed by atoms with Crippen molar-refractivity contribution in [3.8, 4) is 0 Å². The topological polar surface area (TPSA) is 92.4 Å². The Balaban J connectivity index is 3.57. The number of rotatable bonds is 9. The molecule has 0 rings (SSSR count). The minimum absolute atomic E-state index is 0.0000586. The summed E-state index contributed by atoms with van der Waals surface area (Å²) in [4.78, 5) is 21.8. The number of carboxylic acids is 1. The number of hydrogen-bond donors (Lipinski definition) is 3. The summed E-state index contributed by atoms with van der Waals surface area (Å²) in [6.45, 7) is 4.27. The molecule has 0 aromatic heterocycles. The summed E-state index contributed by atoms with van der Waals surface area (Å²) >= 11 is 0. The summed E-state index contributed by atoms with van der Waals surface area (Å²) < 4.78 is 0. The summed E-state index contributed by atoms with van der Waals surface area (Å²) in [6.07, 6.45) is 3.28. The molecule has 0 aliphatic heterocycles. The third-order valence-electron chi connectivity index (χ3n) is 2.61. The third kappa shape index (κ3) is 9.81. The van der Waals surface area contributed by atoms with Crippen molar-refractivity contribution >= 4 is 11.9 Å². The molecule has 0 aliphatic rings. The molecule has 0 spiro atoms. The Labute approximate surface area is 103 Å². The van der Waals surface area contributed by atoms with E-state index in [1.165, 1.54) is 0 Å². The van der Waals surface area contributed by atoms with Crippen molar-refractivity contribution in [1.29, 1.82) is 0 Å². The summed E-state index contributed by atoms with van der Waals surface area (Å²) in [5.74, 6) is -0.858. The molecule has 1 amide bonds. The van der Waals surface area contributed by atoms with E-state index in [0.29, 0.717) is 13.0 Å². The Kier molecular flexibility index (Phi) is 8.40. The zero-order valence-electron chi connectivity index (χ0n) is 10.7. The Hall–Kier alpha value is -1.10. The van der Waals surface area contributed by atoms with Crippen LogP contribution in [0.15, 0.2) is 0 Å². The van der Waals surface area contributed by atoms with E-state index in [9.17, 15) is 9.59 Å². The molecule has 2 atom stereocenters. The highest BCUT2D eigenvalue weighted by Gasteiger charge is 2.12. The van der Waals surface area contributed by atoms with Gasteiger partial charge in [0.2, 0.25) is 5.91 Å². The van der Waals surface area contributed by atoms with Gasteiger partial charge in [0.1, 0.15) is 0 Å². The van der Waals surface area contributed by atoms with Crippen LogP contribution in [0.4, 0.5) is 0 Å². The monoisotopic (exact) mass is 244 g/mol. The first kappa shape index (κ1) is 15.9. The third-order valence-corrected chi connectivity index (χ3v) is 2.61. The number of nitrogens with one attached hydrogen (secondary N) is 1. The van der Waals surface area contributed by atoms with Gasteiger partial charge in [-0.15, -0.1) is 0 Å². The smallest absolute Gasteiger partial charge is 0.303 e. The maximum Gasteiger partial charge on any atom is 0.303 e. The molecule has 0 saturated heterocycles. The van der Waals surface area contributed by atoms with E-state index in [2.05, 4.69) is 5.32 Å². The molecule has 0 aromatic rings. The molecule has 2 unspecified atom stereocenters. The van der Waals surface area contributed by atoms with Gasteiger partial charge in [-0.05, 0) is 26.2 Å². The van der Waals surface area contributed by atoms with Crippen LogP contribution in [0.2, 0.25) is 0 Å². The van der Waals surface area contributed by atoms with Crippen LogP contribution in [0, 0.1) is 5.92 Å². The number of aliphatic carboxylic acids is 1. The van der Waals surface area contributed by atoms with E-state index in [1.54, 1.807) is 0 Å². The molecule has 0 aromatic carbocycles. The van der Waals surface area contributed by atoms with Gasteiger partial charge in [-0.25, -0.2) is 0 Å². The predicted molar refractivity (Wildman–Crippen MR) is 66.5 cm³/mol. The molecular weight excluding hydrogens is 220 g/mol. The molecule has 0 bridgehead atoms. The van der Waals surface area contributed by atoms with Crippen LogP contribution in [-0.2, 0) is 9.59 Å². The van der Waals surface area contributed by atoms with Crippen LogP contribution >= 0.6 is 0 Å².